The lowest BCUT2D eigenvalue weighted by atomic mass is 9.80. The van der Waals surface area contributed by atoms with Gasteiger partial charge in [-0.3, -0.25) is 4.79 Å². The van der Waals surface area contributed by atoms with Gasteiger partial charge in [0, 0.05) is 25.8 Å². The number of carbonyl (C=O) groups excluding carboxylic acids is 1. The molecule has 1 saturated heterocycles. The van der Waals surface area contributed by atoms with Crippen LogP contribution in [0.2, 0.25) is 0 Å². The van der Waals surface area contributed by atoms with Crippen LogP contribution < -0.4 is 10.6 Å². The maximum Gasteiger partial charge on any atom is 0.315 e. The van der Waals surface area contributed by atoms with E-state index in [9.17, 15) is 14.7 Å². The van der Waals surface area contributed by atoms with Crippen molar-refractivity contribution >= 4 is 12.0 Å². The van der Waals surface area contributed by atoms with Crippen molar-refractivity contribution in [3.8, 4) is 0 Å². The molecule has 1 fully saturated rings. The van der Waals surface area contributed by atoms with E-state index in [0.29, 0.717) is 26.1 Å². The van der Waals surface area contributed by atoms with Gasteiger partial charge in [-0.05, 0) is 46.8 Å². The molecule has 122 valence electrons. The van der Waals surface area contributed by atoms with E-state index in [2.05, 4.69) is 15.5 Å². The summed E-state index contributed by atoms with van der Waals surface area (Å²) in [7, 11) is 3.96. The quantitative estimate of drug-likeness (QED) is 0.637. The van der Waals surface area contributed by atoms with Crippen molar-refractivity contribution in [2.75, 3.05) is 40.4 Å². The van der Waals surface area contributed by atoms with Crippen LogP contribution in [0, 0.1) is 5.41 Å². The molecule has 0 aromatic carbocycles. The highest BCUT2D eigenvalue weighted by molar-refractivity contribution is 5.78. The van der Waals surface area contributed by atoms with Crippen LogP contribution in [0.3, 0.4) is 0 Å². The smallest absolute Gasteiger partial charge is 0.315 e. The molecule has 1 aliphatic rings. The Bertz CT molecular complexity index is 354. The highest BCUT2D eigenvalue weighted by Crippen LogP contribution is 2.29. The molecular weight excluding hydrogens is 274 g/mol. The van der Waals surface area contributed by atoms with Crippen molar-refractivity contribution in [1.82, 2.24) is 15.5 Å². The third-order valence-corrected chi connectivity index (χ3v) is 3.88. The van der Waals surface area contributed by atoms with Gasteiger partial charge in [0.2, 0.25) is 0 Å². The predicted octanol–water partition coefficient (Wildman–Crippen LogP) is 0.507. The number of hydrogen-bond donors (Lipinski definition) is 3. The molecule has 0 aliphatic carbocycles. The number of rotatable bonds is 7. The number of carboxylic acid groups (broad SMARTS) is 1. The molecule has 0 aromatic rings. The molecule has 0 saturated carbocycles. The summed E-state index contributed by atoms with van der Waals surface area (Å²) in [5, 5.41) is 14.9. The van der Waals surface area contributed by atoms with Gasteiger partial charge in [0.1, 0.15) is 0 Å². The van der Waals surface area contributed by atoms with Gasteiger partial charge < -0.3 is 25.4 Å². The number of hydrogen-bond acceptors (Lipinski definition) is 4. The number of amides is 2. The largest absolute Gasteiger partial charge is 0.481 e. The second-order valence-electron chi connectivity index (χ2n) is 6.02. The summed E-state index contributed by atoms with van der Waals surface area (Å²) in [6.45, 7) is 3.81. The van der Waals surface area contributed by atoms with E-state index in [1.807, 2.05) is 21.0 Å². The number of ether oxygens (including phenoxy) is 1. The Morgan fingerprint density at radius 3 is 2.48 bits per heavy atom. The molecule has 3 N–H and O–H groups in total. The van der Waals surface area contributed by atoms with E-state index < -0.39 is 11.4 Å². The van der Waals surface area contributed by atoms with Crippen LogP contribution in [0.5, 0.6) is 0 Å². The van der Waals surface area contributed by atoms with E-state index in [4.69, 9.17) is 4.74 Å². The van der Waals surface area contributed by atoms with Crippen molar-refractivity contribution in [2.24, 2.45) is 5.41 Å². The van der Waals surface area contributed by atoms with Crippen molar-refractivity contribution < 1.29 is 19.4 Å². The Morgan fingerprint density at radius 1 is 1.33 bits per heavy atom. The first-order valence-corrected chi connectivity index (χ1v) is 7.36. The first kappa shape index (κ1) is 17.7. The van der Waals surface area contributed by atoms with Gasteiger partial charge >= 0.3 is 12.0 Å². The molecule has 7 heteroatoms. The molecule has 0 spiro atoms. The molecule has 2 amide bonds. The molecular formula is C14H27N3O4. The average molecular weight is 301 g/mol. The highest BCUT2D eigenvalue weighted by atomic mass is 16.5. The summed E-state index contributed by atoms with van der Waals surface area (Å²) in [4.78, 5) is 25.4. The SMILES string of the molecule is CC(CCN(C)C)NC(=O)NCC1(C(=O)O)CCOCC1. The van der Waals surface area contributed by atoms with Crippen LogP contribution in [0.25, 0.3) is 0 Å². The fraction of sp³-hybridized carbons (Fsp3) is 0.857. The minimum atomic E-state index is -0.900. The van der Waals surface area contributed by atoms with Crippen molar-refractivity contribution in [3.63, 3.8) is 0 Å². The van der Waals surface area contributed by atoms with E-state index >= 15 is 0 Å². The highest BCUT2D eigenvalue weighted by Gasteiger charge is 2.40. The van der Waals surface area contributed by atoms with Gasteiger partial charge in [0.25, 0.3) is 0 Å². The summed E-state index contributed by atoms with van der Waals surface area (Å²) in [5.74, 6) is -0.869. The third-order valence-electron chi connectivity index (χ3n) is 3.88. The van der Waals surface area contributed by atoms with Gasteiger partial charge in [-0.25, -0.2) is 4.79 Å². The van der Waals surface area contributed by atoms with Crippen LogP contribution in [0.1, 0.15) is 26.2 Å². The number of aliphatic carboxylic acids is 1. The molecule has 1 atom stereocenters. The molecule has 1 aliphatic heterocycles. The molecule has 0 aromatic heterocycles. The van der Waals surface area contributed by atoms with Crippen LogP contribution >= 0.6 is 0 Å². The topological polar surface area (TPSA) is 90.9 Å². The Kier molecular flexibility index (Phi) is 6.91. The summed E-state index contributed by atoms with van der Waals surface area (Å²) >= 11 is 0. The maximum absolute atomic E-state index is 11.8. The van der Waals surface area contributed by atoms with Gasteiger partial charge in [-0.2, -0.15) is 0 Å². The molecule has 0 radical (unpaired) electrons. The second kappa shape index (κ2) is 8.19. The first-order chi connectivity index (χ1) is 9.85. The lowest BCUT2D eigenvalue weighted by Crippen LogP contribution is -2.50. The summed E-state index contributed by atoms with van der Waals surface area (Å²) in [6, 6.07) is -0.267. The van der Waals surface area contributed by atoms with Gasteiger partial charge in [-0.15, -0.1) is 0 Å². The summed E-state index contributed by atoms with van der Waals surface area (Å²) in [5.41, 5.74) is -0.900. The van der Waals surface area contributed by atoms with Crippen molar-refractivity contribution in [2.45, 2.75) is 32.2 Å². The van der Waals surface area contributed by atoms with E-state index in [0.717, 1.165) is 13.0 Å². The Labute approximate surface area is 126 Å². The lowest BCUT2D eigenvalue weighted by Gasteiger charge is -2.33. The predicted molar refractivity (Wildman–Crippen MR) is 79.3 cm³/mol. The van der Waals surface area contributed by atoms with Crippen molar-refractivity contribution in [3.05, 3.63) is 0 Å². The molecule has 21 heavy (non-hydrogen) atoms. The Balaban J connectivity index is 2.38. The Hall–Kier alpha value is -1.34. The summed E-state index contributed by atoms with van der Waals surface area (Å²) < 4.78 is 5.20. The molecule has 7 nitrogen and oxygen atoms in total. The van der Waals surface area contributed by atoms with Crippen LogP contribution in [-0.4, -0.2) is 68.4 Å². The van der Waals surface area contributed by atoms with Gasteiger partial charge in [0.15, 0.2) is 0 Å². The number of carbonyl (C=O) groups is 2. The zero-order chi connectivity index (χ0) is 15.9. The lowest BCUT2D eigenvalue weighted by molar-refractivity contribution is -0.154. The number of urea groups is 1. The monoisotopic (exact) mass is 301 g/mol. The van der Waals surface area contributed by atoms with E-state index in [1.54, 1.807) is 0 Å². The molecule has 1 heterocycles. The van der Waals surface area contributed by atoms with Crippen LogP contribution in [0.15, 0.2) is 0 Å². The molecule has 0 bridgehead atoms. The van der Waals surface area contributed by atoms with E-state index in [1.165, 1.54) is 0 Å². The maximum atomic E-state index is 11.8. The number of nitrogens with zero attached hydrogens (tertiary/aromatic N) is 1. The normalized spacial score (nSPS) is 19.0. The third kappa shape index (κ3) is 5.89. The fourth-order valence-corrected chi connectivity index (χ4v) is 2.28. The Morgan fingerprint density at radius 2 is 1.95 bits per heavy atom. The van der Waals surface area contributed by atoms with Crippen LogP contribution in [-0.2, 0) is 9.53 Å². The zero-order valence-corrected chi connectivity index (χ0v) is 13.1. The standard InChI is InChI=1S/C14H27N3O4/c1-11(4-7-17(2)3)16-13(20)15-10-14(12(18)19)5-8-21-9-6-14/h11H,4-10H2,1-3H3,(H,18,19)(H2,15,16,20). The minimum Gasteiger partial charge on any atom is -0.481 e. The fourth-order valence-electron chi connectivity index (χ4n) is 2.28. The molecule has 1 rings (SSSR count). The number of nitrogens with one attached hydrogen (secondary N) is 2. The molecule has 1 unspecified atom stereocenters. The minimum absolute atomic E-state index is 0.0443. The van der Waals surface area contributed by atoms with E-state index in [-0.39, 0.29) is 18.6 Å². The summed E-state index contributed by atoms with van der Waals surface area (Å²) in [6.07, 6.45) is 1.70. The average Bonchev–Trinajstić information content (AvgIpc) is 2.44. The van der Waals surface area contributed by atoms with Gasteiger partial charge in [0.05, 0.1) is 5.41 Å². The van der Waals surface area contributed by atoms with Crippen molar-refractivity contribution in [1.29, 1.82) is 0 Å². The second-order valence-corrected chi connectivity index (χ2v) is 6.02. The number of carboxylic acids is 1. The first-order valence-electron chi connectivity index (χ1n) is 7.36. The van der Waals surface area contributed by atoms with Gasteiger partial charge in [-0.1, -0.05) is 0 Å². The van der Waals surface area contributed by atoms with Crippen LogP contribution in [0.4, 0.5) is 4.79 Å². The zero-order valence-electron chi connectivity index (χ0n) is 13.1.